The van der Waals surface area contributed by atoms with Crippen LogP contribution in [0.2, 0.25) is 0 Å². The van der Waals surface area contributed by atoms with Gasteiger partial charge in [0.2, 0.25) is 0 Å². The van der Waals surface area contributed by atoms with Crippen LogP contribution in [0.4, 0.5) is 5.69 Å². The third-order valence-electron chi connectivity index (χ3n) is 3.78. The molecule has 2 amide bonds. The van der Waals surface area contributed by atoms with Crippen LogP contribution >= 0.6 is 0 Å². The number of benzene rings is 1. The summed E-state index contributed by atoms with van der Waals surface area (Å²) in [6.07, 6.45) is 1.71. The second kappa shape index (κ2) is 7.69. The van der Waals surface area contributed by atoms with Crippen molar-refractivity contribution < 1.29 is 14.3 Å². The fraction of sp³-hybridized carbons (Fsp3) is 0.211. The molecule has 0 atom stereocenters. The summed E-state index contributed by atoms with van der Waals surface area (Å²) in [7, 11) is 0. The summed E-state index contributed by atoms with van der Waals surface area (Å²) in [5.41, 5.74) is 2.69. The third kappa shape index (κ3) is 4.00. The lowest BCUT2D eigenvalue weighted by molar-refractivity contribution is -0.122. The zero-order chi connectivity index (χ0) is 18.5. The molecule has 0 saturated carbocycles. The number of nitrogens with one attached hydrogen (secondary N) is 2. The number of fused-ring (bicyclic) bond motifs is 1. The molecule has 26 heavy (non-hydrogen) atoms. The van der Waals surface area contributed by atoms with E-state index < -0.39 is 0 Å². The van der Waals surface area contributed by atoms with Crippen molar-refractivity contribution in [3.05, 3.63) is 60.0 Å². The van der Waals surface area contributed by atoms with Gasteiger partial charge in [-0.1, -0.05) is 6.07 Å². The lowest BCUT2D eigenvalue weighted by Gasteiger charge is -2.07. The highest BCUT2D eigenvalue weighted by molar-refractivity contribution is 6.03. The molecule has 2 N–H and O–H groups in total. The van der Waals surface area contributed by atoms with Gasteiger partial charge in [-0.05, 0) is 50.2 Å². The molecule has 0 radical (unpaired) electrons. The van der Waals surface area contributed by atoms with Crippen LogP contribution in [0.15, 0.2) is 48.7 Å². The van der Waals surface area contributed by atoms with Crippen LogP contribution in [0, 0.1) is 6.92 Å². The molecule has 2 aromatic heterocycles. The monoisotopic (exact) mass is 352 g/mol. The van der Waals surface area contributed by atoms with Gasteiger partial charge in [-0.2, -0.15) is 0 Å². The number of likely N-dealkylation sites (N-methyl/N-ethyl adjacent to an activating group) is 1. The van der Waals surface area contributed by atoms with Crippen molar-refractivity contribution in [2.24, 2.45) is 0 Å². The highest BCUT2D eigenvalue weighted by atomic mass is 16.5. The highest BCUT2D eigenvalue weighted by Crippen LogP contribution is 2.17. The Morgan fingerprint density at radius 3 is 2.62 bits per heavy atom. The molecule has 0 bridgehead atoms. The van der Waals surface area contributed by atoms with E-state index in [1.165, 1.54) is 0 Å². The predicted molar refractivity (Wildman–Crippen MR) is 98.5 cm³/mol. The van der Waals surface area contributed by atoms with Gasteiger partial charge in [-0.15, -0.1) is 0 Å². The fourth-order valence-corrected chi connectivity index (χ4v) is 2.48. The average Bonchev–Trinajstić information content (AvgIpc) is 3.07. The van der Waals surface area contributed by atoms with Crippen LogP contribution in [0.25, 0.3) is 5.65 Å². The van der Waals surface area contributed by atoms with E-state index in [-0.39, 0.29) is 18.4 Å². The van der Waals surface area contributed by atoms with Crippen LogP contribution in [-0.4, -0.2) is 34.4 Å². The second-order valence-electron chi connectivity index (χ2n) is 5.74. The summed E-state index contributed by atoms with van der Waals surface area (Å²) in [5, 5.41) is 5.46. The lowest BCUT2D eigenvalue weighted by atomic mass is 10.3. The summed E-state index contributed by atoms with van der Waals surface area (Å²) in [4.78, 5) is 28.1. The molecule has 0 spiro atoms. The molecule has 2 heterocycles. The molecule has 7 heteroatoms. The van der Waals surface area contributed by atoms with Gasteiger partial charge in [0.25, 0.3) is 11.8 Å². The molecule has 0 saturated heterocycles. The van der Waals surface area contributed by atoms with E-state index in [1.807, 2.05) is 36.4 Å². The number of rotatable bonds is 6. The van der Waals surface area contributed by atoms with Crippen LogP contribution in [0.1, 0.15) is 23.1 Å². The maximum atomic E-state index is 12.4. The fourth-order valence-electron chi connectivity index (χ4n) is 2.48. The Bertz CT molecular complexity index is 932. The van der Waals surface area contributed by atoms with Crippen molar-refractivity contribution in [1.29, 1.82) is 0 Å². The number of aromatic nitrogens is 2. The predicted octanol–water partition coefficient (Wildman–Crippen LogP) is 2.41. The molecule has 0 aliphatic carbocycles. The summed E-state index contributed by atoms with van der Waals surface area (Å²) in [6, 6.07) is 12.5. The Morgan fingerprint density at radius 1 is 1.15 bits per heavy atom. The minimum atomic E-state index is -0.288. The van der Waals surface area contributed by atoms with Crippen molar-refractivity contribution in [3.8, 4) is 5.75 Å². The van der Waals surface area contributed by atoms with Crippen LogP contribution < -0.4 is 15.4 Å². The average molecular weight is 352 g/mol. The summed E-state index contributed by atoms with van der Waals surface area (Å²) < 4.78 is 7.25. The van der Waals surface area contributed by atoms with Gasteiger partial charge in [0, 0.05) is 24.1 Å². The van der Waals surface area contributed by atoms with Gasteiger partial charge in [0.1, 0.15) is 17.1 Å². The number of aryl methyl sites for hydroxylation is 1. The van der Waals surface area contributed by atoms with Crippen molar-refractivity contribution >= 4 is 23.1 Å². The highest BCUT2D eigenvalue weighted by Gasteiger charge is 2.12. The van der Waals surface area contributed by atoms with Gasteiger partial charge in [-0.25, -0.2) is 4.98 Å². The Labute approximate surface area is 151 Å². The molecule has 0 fully saturated rings. The van der Waals surface area contributed by atoms with Crippen molar-refractivity contribution in [1.82, 2.24) is 14.7 Å². The van der Waals surface area contributed by atoms with E-state index in [0.717, 1.165) is 11.3 Å². The molecule has 0 unspecified atom stereocenters. The Kier molecular flexibility index (Phi) is 5.17. The van der Waals surface area contributed by atoms with Crippen molar-refractivity contribution in [2.75, 3.05) is 18.5 Å². The van der Waals surface area contributed by atoms with E-state index in [1.54, 1.807) is 30.5 Å². The number of ether oxygens (including phenoxy) is 1. The number of hydrogen-bond donors (Lipinski definition) is 2. The number of nitrogens with zero attached hydrogens (tertiary/aromatic N) is 2. The second-order valence-corrected chi connectivity index (χ2v) is 5.74. The van der Waals surface area contributed by atoms with E-state index in [4.69, 9.17) is 4.74 Å². The number of carbonyl (C=O) groups is 2. The number of hydrogen-bond acceptors (Lipinski definition) is 4. The maximum Gasteiger partial charge on any atom is 0.275 e. The lowest BCUT2D eigenvalue weighted by Crippen LogP contribution is -2.28. The van der Waals surface area contributed by atoms with Gasteiger partial charge in [0.05, 0.1) is 0 Å². The zero-order valence-corrected chi connectivity index (χ0v) is 14.7. The first-order valence-corrected chi connectivity index (χ1v) is 8.32. The van der Waals surface area contributed by atoms with Gasteiger partial charge >= 0.3 is 0 Å². The number of carbonyl (C=O) groups excluding carboxylic acids is 2. The molecule has 0 aliphatic heterocycles. The standard InChI is InChI=1S/C19H20N4O3/c1-3-20-18(24)12-26-15-9-7-14(8-10-15)21-19(25)16-11-23-13(2)5-4-6-17(23)22-16/h4-11H,3,12H2,1-2H3,(H,20,24)(H,21,25). The minimum absolute atomic E-state index is 0.0415. The largest absolute Gasteiger partial charge is 0.484 e. The van der Waals surface area contributed by atoms with Crippen LogP contribution in [0.5, 0.6) is 5.75 Å². The Balaban J connectivity index is 1.63. The van der Waals surface area contributed by atoms with E-state index in [2.05, 4.69) is 15.6 Å². The summed E-state index contributed by atoms with van der Waals surface area (Å²) in [6.45, 7) is 4.32. The molecular weight excluding hydrogens is 332 g/mol. The van der Waals surface area contributed by atoms with Crippen molar-refractivity contribution in [2.45, 2.75) is 13.8 Å². The number of anilines is 1. The van der Waals surface area contributed by atoms with Gasteiger partial charge in [-0.3, -0.25) is 9.59 Å². The normalized spacial score (nSPS) is 10.5. The third-order valence-corrected chi connectivity index (χ3v) is 3.78. The Hall–Kier alpha value is -3.35. The quantitative estimate of drug-likeness (QED) is 0.713. The van der Waals surface area contributed by atoms with Crippen molar-refractivity contribution in [3.63, 3.8) is 0 Å². The molecule has 1 aromatic carbocycles. The topological polar surface area (TPSA) is 84.7 Å². The summed E-state index contributed by atoms with van der Waals surface area (Å²) in [5.74, 6) is 0.0914. The maximum absolute atomic E-state index is 12.4. The molecular formula is C19H20N4O3. The molecule has 7 nitrogen and oxygen atoms in total. The Morgan fingerprint density at radius 2 is 1.92 bits per heavy atom. The first-order chi connectivity index (χ1) is 12.6. The number of pyridine rings is 1. The molecule has 3 aromatic rings. The van der Waals surface area contributed by atoms with E-state index >= 15 is 0 Å². The smallest absolute Gasteiger partial charge is 0.275 e. The van der Waals surface area contributed by atoms with Gasteiger partial charge < -0.3 is 19.8 Å². The summed E-state index contributed by atoms with van der Waals surface area (Å²) >= 11 is 0. The first-order valence-electron chi connectivity index (χ1n) is 8.32. The van der Waals surface area contributed by atoms with E-state index in [0.29, 0.717) is 23.7 Å². The van der Waals surface area contributed by atoms with Crippen LogP contribution in [0.3, 0.4) is 0 Å². The van der Waals surface area contributed by atoms with E-state index in [9.17, 15) is 9.59 Å². The molecule has 134 valence electrons. The van der Waals surface area contributed by atoms with Gasteiger partial charge in [0.15, 0.2) is 6.61 Å². The molecule has 3 rings (SSSR count). The molecule has 0 aliphatic rings. The minimum Gasteiger partial charge on any atom is -0.484 e. The number of imidazole rings is 1. The first kappa shape index (κ1) is 17.5. The zero-order valence-electron chi connectivity index (χ0n) is 14.7. The van der Waals surface area contributed by atoms with Crippen LogP contribution in [-0.2, 0) is 4.79 Å². The SMILES string of the molecule is CCNC(=O)COc1ccc(NC(=O)c2cn3c(C)cccc3n2)cc1. The number of amides is 2.